The van der Waals surface area contributed by atoms with Gasteiger partial charge in [-0.3, -0.25) is 0 Å². The minimum absolute atomic E-state index is 0.00188. The van der Waals surface area contributed by atoms with Crippen LogP contribution in [0, 0.1) is 6.92 Å². The van der Waals surface area contributed by atoms with Crippen LogP contribution in [0.15, 0.2) is 24.3 Å². The Labute approximate surface area is 114 Å². The summed E-state index contributed by atoms with van der Waals surface area (Å²) in [5.74, 6) is 0. The topological polar surface area (TPSA) is 69.6 Å². The summed E-state index contributed by atoms with van der Waals surface area (Å²) in [6.45, 7) is 3.10. The summed E-state index contributed by atoms with van der Waals surface area (Å²) in [5.41, 5.74) is 1.82. The number of hydrogen-bond donors (Lipinski definition) is 2. The molecule has 0 saturated carbocycles. The summed E-state index contributed by atoms with van der Waals surface area (Å²) in [5, 5.41) is 9.97. The monoisotopic (exact) mass is 284 g/mol. The zero-order valence-electron chi connectivity index (χ0n) is 11.0. The van der Waals surface area contributed by atoms with Gasteiger partial charge in [0.2, 0.25) is 0 Å². The second-order valence-electron chi connectivity index (χ2n) is 4.89. The first kappa shape index (κ1) is 14.5. The Morgan fingerprint density at radius 2 is 1.84 bits per heavy atom. The van der Waals surface area contributed by atoms with Crippen molar-refractivity contribution in [2.45, 2.75) is 25.9 Å². The Hall–Kier alpha value is -0.950. The van der Waals surface area contributed by atoms with Gasteiger partial charge in [-0.1, -0.05) is 29.8 Å². The van der Waals surface area contributed by atoms with Crippen molar-refractivity contribution in [3.05, 3.63) is 35.4 Å². The van der Waals surface area contributed by atoms with Crippen LogP contribution in [0.5, 0.6) is 0 Å². The number of aryl methyl sites for hydroxylation is 1. The van der Waals surface area contributed by atoms with Crippen LogP contribution < -0.4 is 4.72 Å². The number of rotatable bonds is 5. The fourth-order valence-corrected chi connectivity index (χ4v) is 3.40. The molecule has 19 heavy (non-hydrogen) atoms. The van der Waals surface area contributed by atoms with Crippen molar-refractivity contribution >= 4 is 10.2 Å². The lowest BCUT2D eigenvalue weighted by molar-refractivity contribution is 0.181. The molecule has 2 N–H and O–H groups in total. The summed E-state index contributed by atoms with van der Waals surface area (Å²) in [7, 11) is -3.45. The fraction of sp³-hybridized carbons (Fsp3) is 0.538. The van der Waals surface area contributed by atoms with Gasteiger partial charge in [0.15, 0.2) is 0 Å². The number of aliphatic hydroxyl groups is 1. The standard InChI is InChI=1S/C13H20N2O3S/c1-11-4-6-12(7-5-11)13(16)10-14-19(17,18)15-8-2-3-9-15/h4-7,13-14,16H,2-3,8-10H2,1H3. The summed E-state index contributed by atoms with van der Waals surface area (Å²) < 4.78 is 27.7. The van der Waals surface area contributed by atoms with Crippen LogP contribution in [-0.2, 0) is 10.2 Å². The Balaban J connectivity index is 1.92. The molecule has 1 aromatic carbocycles. The van der Waals surface area contributed by atoms with E-state index >= 15 is 0 Å². The maximum atomic E-state index is 11.9. The van der Waals surface area contributed by atoms with Crippen molar-refractivity contribution in [2.75, 3.05) is 19.6 Å². The quantitative estimate of drug-likeness (QED) is 0.846. The third-order valence-corrected chi connectivity index (χ3v) is 4.90. The van der Waals surface area contributed by atoms with Gasteiger partial charge in [-0.25, -0.2) is 0 Å². The van der Waals surface area contributed by atoms with E-state index in [0.29, 0.717) is 13.1 Å². The maximum absolute atomic E-state index is 11.9. The molecule has 1 aliphatic rings. The molecule has 1 saturated heterocycles. The number of nitrogens with one attached hydrogen (secondary N) is 1. The molecular formula is C13H20N2O3S. The van der Waals surface area contributed by atoms with Crippen LogP contribution in [0.1, 0.15) is 30.1 Å². The predicted molar refractivity (Wildman–Crippen MR) is 73.9 cm³/mol. The molecule has 0 bridgehead atoms. The van der Waals surface area contributed by atoms with Gasteiger partial charge in [0, 0.05) is 19.6 Å². The van der Waals surface area contributed by atoms with Crippen LogP contribution in [0.4, 0.5) is 0 Å². The minimum atomic E-state index is -3.45. The molecule has 1 heterocycles. The second kappa shape index (κ2) is 6.00. The molecule has 1 fully saturated rings. The van der Waals surface area contributed by atoms with Crippen LogP contribution >= 0.6 is 0 Å². The highest BCUT2D eigenvalue weighted by Crippen LogP contribution is 2.15. The van der Waals surface area contributed by atoms with Crippen molar-refractivity contribution in [3.63, 3.8) is 0 Å². The lowest BCUT2D eigenvalue weighted by Crippen LogP contribution is -2.40. The molecule has 1 unspecified atom stereocenters. The molecule has 0 radical (unpaired) electrons. The highest BCUT2D eigenvalue weighted by molar-refractivity contribution is 7.87. The molecule has 106 valence electrons. The van der Waals surface area contributed by atoms with E-state index in [-0.39, 0.29) is 6.54 Å². The van der Waals surface area contributed by atoms with Gasteiger partial charge in [0.1, 0.15) is 0 Å². The lowest BCUT2D eigenvalue weighted by atomic mass is 10.1. The van der Waals surface area contributed by atoms with Gasteiger partial charge in [0.25, 0.3) is 10.2 Å². The predicted octanol–water partition coefficient (Wildman–Crippen LogP) is 0.959. The first-order valence-electron chi connectivity index (χ1n) is 6.48. The average Bonchev–Trinajstić information content (AvgIpc) is 2.91. The lowest BCUT2D eigenvalue weighted by Gasteiger charge is -2.18. The molecule has 0 aliphatic carbocycles. The van der Waals surface area contributed by atoms with Gasteiger partial charge in [-0.2, -0.15) is 17.4 Å². The van der Waals surface area contributed by atoms with Crippen LogP contribution in [0.25, 0.3) is 0 Å². The zero-order valence-corrected chi connectivity index (χ0v) is 11.9. The van der Waals surface area contributed by atoms with E-state index in [1.165, 1.54) is 4.31 Å². The highest BCUT2D eigenvalue weighted by Gasteiger charge is 2.25. The molecule has 1 aliphatic heterocycles. The third kappa shape index (κ3) is 3.76. The van der Waals surface area contributed by atoms with Gasteiger partial charge < -0.3 is 5.11 Å². The average molecular weight is 284 g/mol. The second-order valence-corrected chi connectivity index (χ2v) is 6.64. The normalized spacial score (nSPS) is 18.6. The van der Waals surface area contributed by atoms with E-state index in [1.807, 2.05) is 31.2 Å². The first-order valence-corrected chi connectivity index (χ1v) is 7.92. The Bertz CT molecular complexity index is 507. The molecule has 5 nitrogen and oxygen atoms in total. The van der Waals surface area contributed by atoms with Crippen LogP contribution in [-0.4, -0.2) is 37.5 Å². The van der Waals surface area contributed by atoms with E-state index in [4.69, 9.17) is 0 Å². The Morgan fingerprint density at radius 3 is 2.42 bits per heavy atom. The third-order valence-electron chi connectivity index (χ3n) is 3.33. The van der Waals surface area contributed by atoms with Crippen molar-refractivity contribution in [1.82, 2.24) is 9.03 Å². The zero-order chi connectivity index (χ0) is 13.9. The van der Waals surface area contributed by atoms with Crippen molar-refractivity contribution < 1.29 is 13.5 Å². The smallest absolute Gasteiger partial charge is 0.279 e. The molecule has 0 spiro atoms. The van der Waals surface area contributed by atoms with Gasteiger partial charge in [-0.15, -0.1) is 0 Å². The van der Waals surface area contributed by atoms with E-state index < -0.39 is 16.3 Å². The molecule has 1 aromatic rings. The molecule has 6 heteroatoms. The van der Waals surface area contributed by atoms with E-state index in [9.17, 15) is 13.5 Å². The fourth-order valence-electron chi connectivity index (χ4n) is 2.11. The van der Waals surface area contributed by atoms with E-state index in [0.717, 1.165) is 24.0 Å². The number of aliphatic hydroxyl groups excluding tert-OH is 1. The van der Waals surface area contributed by atoms with E-state index in [1.54, 1.807) is 0 Å². The summed E-state index contributed by atoms with van der Waals surface area (Å²) in [4.78, 5) is 0. The summed E-state index contributed by atoms with van der Waals surface area (Å²) >= 11 is 0. The summed E-state index contributed by atoms with van der Waals surface area (Å²) in [6, 6.07) is 7.41. The van der Waals surface area contributed by atoms with Gasteiger partial charge in [0.05, 0.1) is 6.10 Å². The van der Waals surface area contributed by atoms with Crippen molar-refractivity contribution in [1.29, 1.82) is 0 Å². The number of hydrogen-bond acceptors (Lipinski definition) is 3. The van der Waals surface area contributed by atoms with Crippen molar-refractivity contribution in [3.8, 4) is 0 Å². The Kier molecular flexibility index (Phi) is 4.57. The van der Waals surface area contributed by atoms with Crippen LogP contribution in [0.2, 0.25) is 0 Å². The molecule has 2 rings (SSSR count). The van der Waals surface area contributed by atoms with Crippen LogP contribution in [0.3, 0.4) is 0 Å². The first-order chi connectivity index (χ1) is 8.99. The van der Waals surface area contributed by atoms with Crippen molar-refractivity contribution in [2.24, 2.45) is 0 Å². The molecule has 0 aromatic heterocycles. The maximum Gasteiger partial charge on any atom is 0.279 e. The molecule has 1 atom stereocenters. The van der Waals surface area contributed by atoms with Gasteiger partial charge in [-0.05, 0) is 25.3 Å². The van der Waals surface area contributed by atoms with E-state index in [2.05, 4.69) is 4.72 Å². The van der Waals surface area contributed by atoms with Gasteiger partial charge >= 0.3 is 0 Å². The largest absolute Gasteiger partial charge is 0.387 e. The minimum Gasteiger partial charge on any atom is -0.387 e. The number of benzene rings is 1. The molecule has 0 amide bonds. The Morgan fingerprint density at radius 1 is 1.26 bits per heavy atom. The number of nitrogens with zero attached hydrogens (tertiary/aromatic N) is 1. The highest BCUT2D eigenvalue weighted by atomic mass is 32.2. The summed E-state index contributed by atoms with van der Waals surface area (Å²) in [6.07, 6.45) is 0.987. The SMILES string of the molecule is Cc1ccc(C(O)CNS(=O)(=O)N2CCCC2)cc1. The molecular weight excluding hydrogens is 264 g/mol.